The Kier molecular flexibility index (Phi) is 5.14. The molecule has 2 heterocycles. The fourth-order valence-electron chi connectivity index (χ4n) is 2.79. The van der Waals surface area contributed by atoms with Crippen molar-refractivity contribution in [3.8, 4) is 0 Å². The first-order valence-corrected chi connectivity index (χ1v) is 7.30. The van der Waals surface area contributed by atoms with Crippen LogP contribution in [0.4, 0.5) is 5.69 Å². The molecule has 1 saturated heterocycles. The molecule has 0 unspecified atom stereocenters. The van der Waals surface area contributed by atoms with Crippen LogP contribution < -0.4 is 10.6 Å². The quantitative estimate of drug-likeness (QED) is 0.866. The van der Waals surface area contributed by atoms with Crippen LogP contribution in [0, 0.1) is 0 Å². The number of carbonyl (C=O) groups is 1. The van der Waals surface area contributed by atoms with Crippen LogP contribution in [0.5, 0.6) is 0 Å². The summed E-state index contributed by atoms with van der Waals surface area (Å²) >= 11 is 0. The molecule has 0 spiro atoms. The number of anilines is 1. The average Bonchev–Trinajstić information content (AvgIpc) is 2.43. The molecule has 1 amide bonds. The van der Waals surface area contributed by atoms with Crippen molar-refractivity contribution in [2.24, 2.45) is 5.73 Å². The van der Waals surface area contributed by atoms with Crippen molar-refractivity contribution in [3.05, 3.63) is 24.0 Å². The number of aromatic nitrogens is 1. The zero-order valence-corrected chi connectivity index (χ0v) is 13.0. The Morgan fingerprint density at radius 2 is 2.14 bits per heavy atom. The second-order valence-corrected chi connectivity index (χ2v) is 5.70. The lowest BCUT2D eigenvalue weighted by Gasteiger charge is -2.36. The van der Waals surface area contributed by atoms with Gasteiger partial charge < -0.3 is 15.4 Å². The molecule has 0 saturated carbocycles. The van der Waals surface area contributed by atoms with Gasteiger partial charge in [-0.25, -0.2) is 0 Å². The second-order valence-electron chi connectivity index (χ2n) is 5.70. The highest BCUT2D eigenvalue weighted by molar-refractivity contribution is 5.98. The summed E-state index contributed by atoms with van der Waals surface area (Å²) in [6.45, 7) is 7.83. The zero-order chi connectivity index (χ0) is 15.4. The number of morpholine rings is 1. The number of hydrogen-bond donors (Lipinski definition) is 1. The number of carbonyl (C=O) groups excluding carboxylic acids is 1. The topological polar surface area (TPSA) is 71.7 Å². The van der Waals surface area contributed by atoms with Gasteiger partial charge in [0.05, 0.1) is 23.5 Å². The van der Waals surface area contributed by atoms with Crippen LogP contribution in [0.3, 0.4) is 0 Å². The van der Waals surface area contributed by atoms with E-state index in [4.69, 9.17) is 10.5 Å². The van der Waals surface area contributed by atoms with Crippen LogP contribution in [0.2, 0.25) is 0 Å². The van der Waals surface area contributed by atoms with E-state index in [1.54, 1.807) is 6.20 Å². The Bertz CT molecular complexity index is 484. The lowest BCUT2D eigenvalue weighted by Crippen LogP contribution is -2.47. The first kappa shape index (κ1) is 15.7. The standard InChI is InChI=1S/C15H24N4O2/c1-11-9-19(10-12(2)21-11)7-6-18(3)14-4-5-17-8-13(14)15(16)20/h4-5,8,11-12H,6-7,9-10H2,1-3H3,(H2,16,20)/t11-,12+. The number of amides is 1. The Labute approximate surface area is 125 Å². The molecule has 6 nitrogen and oxygen atoms in total. The summed E-state index contributed by atoms with van der Waals surface area (Å²) in [5.41, 5.74) is 6.68. The second kappa shape index (κ2) is 6.87. The minimum absolute atomic E-state index is 0.265. The van der Waals surface area contributed by atoms with E-state index in [-0.39, 0.29) is 12.2 Å². The van der Waals surface area contributed by atoms with Crippen LogP contribution in [-0.2, 0) is 4.74 Å². The third-order valence-corrected chi connectivity index (χ3v) is 3.72. The molecule has 21 heavy (non-hydrogen) atoms. The molecule has 0 aromatic carbocycles. The van der Waals surface area contributed by atoms with Gasteiger partial charge in [0, 0.05) is 45.6 Å². The van der Waals surface area contributed by atoms with E-state index in [9.17, 15) is 4.79 Å². The largest absolute Gasteiger partial charge is 0.373 e. The maximum atomic E-state index is 11.4. The average molecular weight is 292 g/mol. The highest BCUT2D eigenvalue weighted by atomic mass is 16.5. The van der Waals surface area contributed by atoms with Gasteiger partial charge in [-0.05, 0) is 19.9 Å². The van der Waals surface area contributed by atoms with E-state index in [1.807, 2.05) is 18.0 Å². The Balaban J connectivity index is 1.96. The van der Waals surface area contributed by atoms with E-state index in [0.717, 1.165) is 31.9 Å². The maximum Gasteiger partial charge on any atom is 0.252 e. The van der Waals surface area contributed by atoms with Crippen LogP contribution >= 0.6 is 0 Å². The SMILES string of the molecule is C[C@@H]1CN(CCN(C)c2ccncc2C(N)=O)C[C@H](C)O1. The molecule has 2 atom stereocenters. The minimum Gasteiger partial charge on any atom is -0.373 e. The third kappa shape index (κ3) is 4.15. The molecule has 0 bridgehead atoms. The first-order valence-electron chi connectivity index (χ1n) is 7.30. The van der Waals surface area contributed by atoms with Crippen molar-refractivity contribution in [2.75, 3.05) is 38.1 Å². The number of pyridine rings is 1. The van der Waals surface area contributed by atoms with Crippen LogP contribution in [0.25, 0.3) is 0 Å². The molecule has 0 radical (unpaired) electrons. The molecule has 1 aromatic rings. The number of hydrogen-bond acceptors (Lipinski definition) is 5. The van der Waals surface area contributed by atoms with Gasteiger partial charge in [-0.2, -0.15) is 0 Å². The van der Waals surface area contributed by atoms with Gasteiger partial charge in [0.2, 0.25) is 0 Å². The van der Waals surface area contributed by atoms with Gasteiger partial charge in [-0.3, -0.25) is 14.7 Å². The van der Waals surface area contributed by atoms with Gasteiger partial charge in [0.15, 0.2) is 0 Å². The van der Waals surface area contributed by atoms with E-state index in [1.165, 1.54) is 6.20 Å². The molecule has 2 N–H and O–H groups in total. The Morgan fingerprint density at radius 3 is 2.76 bits per heavy atom. The molecular formula is C15H24N4O2. The molecule has 1 aliphatic heterocycles. The van der Waals surface area contributed by atoms with Gasteiger partial charge in [-0.1, -0.05) is 0 Å². The summed E-state index contributed by atoms with van der Waals surface area (Å²) in [7, 11) is 1.97. The molecule has 0 aliphatic carbocycles. The predicted molar refractivity (Wildman–Crippen MR) is 82.5 cm³/mol. The maximum absolute atomic E-state index is 11.4. The number of likely N-dealkylation sites (N-methyl/N-ethyl adjacent to an activating group) is 1. The molecule has 2 rings (SSSR count). The van der Waals surface area contributed by atoms with Crippen molar-refractivity contribution in [3.63, 3.8) is 0 Å². The number of ether oxygens (including phenoxy) is 1. The predicted octanol–water partition coefficient (Wildman–Crippen LogP) is 0.726. The minimum atomic E-state index is -0.446. The fraction of sp³-hybridized carbons (Fsp3) is 0.600. The lowest BCUT2D eigenvalue weighted by atomic mass is 10.2. The summed E-state index contributed by atoms with van der Waals surface area (Å²) in [6, 6.07) is 1.82. The van der Waals surface area contributed by atoms with E-state index < -0.39 is 5.91 Å². The van der Waals surface area contributed by atoms with E-state index in [0.29, 0.717) is 5.56 Å². The van der Waals surface area contributed by atoms with Gasteiger partial charge in [0.25, 0.3) is 5.91 Å². The smallest absolute Gasteiger partial charge is 0.252 e. The summed E-state index contributed by atoms with van der Waals surface area (Å²) in [6.07, 6.45) is 3.73. The normalized spacial score (nSPS) is 23.0. The number of nitrogens with zero attached hydrogens (tertiary/aromatic N) is 3. The first-order chi connectivity index (χ1) is 9.97. The van der Waals surface area contributed by atoms with E-state index in [2.05, 4.69) is 23.7 Å². The highest BCUT2D eigenvalue weighted by Crippen LogP contribution is 2.17. The van der Waals surface area contributed by atoms with E-state index >= 15 is 0 Å². The summed E-state index contributed by atoms with van der Waals surface area (Å²) in [5.74, 6) is -0.446. The number of primary amides is 1. The van der Waals surface area contributed by atoms with Gasteiger partial charge >= 0.3 is 0 Å². The van der Waals surface area contributed by atoms with Crippen molar-refractivity contribution >= 4 is 11.6 Å². The zero-order valence-electron chi connectivity index (χ0n) is 13.0. The number of nitrogens with two attached hydrogens (primary N) is 1. The third-order valence-electron chi connectivity index (χ3n) is 3.72. The van der Waals surface area contributed by atoms with Crippen molar-refractivity contribution in [1.29, 1.82) is 0 Å². The molecule has 1 aromatic heterocycles. The molecule has 1 aliphatic rings. The summed E-state index contributed by atoms with van der Waals surface area (Å²) < 4.78 is 5.73. The summed E-state index contributed by atoms with van der Waals surface area (Å²) in [5, 5.41) is 0. The molecule has 116 valence electrons. The van der Waals surface area contributed by atoms with Crippen LogP contribution in [0.15, 0.2) is 18.5 Å². The van der Waals surface area contributed by atoms with Crippen LogP contribution in [0.1, 0.15) is 24.2 Å². The lowest BCUT2D eigenvalue weighted by molar-refractivity contribution is -0.0670. The highest BCUT2D eigenvalue weighted by Gasteiger charge is 2.22. The van der Waals surface area contributed by atoms with Crippen LogP contribution in [-0.4, -0.2) is 61.2 Å². The van der Waals surface area contributed by atoms with Gasteiger partial charge in [0.1, 0.15) is 0 Å². The number of rotatable bonds is 5. The Morgan fingerprint density at radius 1 is 1.48 bits per heavy atom. The fourth-order valence-corrected chi connectivity index (χ4v) is 2.79. The van der Waals surface area contributed by atoms with Gasteiger partial charge in [-0.15, -0.1) is 0 Å². The monoisotopic (exact) mass is 292 g/mol. The van der Waals surface area contributed by atoms with Crippen molar-refractivity contribution < 1.29 is 9.53 Å². The van der Waals surface area contributed by atoms with Crippen molar-refractivity contribution in [1.82, 2.24) is 9.88 Å². The molecule has 1 fully saturated rings. The Hall–Kier alpha value is -1.66. The molecular weight excluding hydrogens is 268 g/mol. The summed E-state index contributed by atoms with van der Waals surface area (Å²) in [4.78, 5) is 19.8. The van der Waals surface area contributed by atoms with Crippen molar-refractivity contribution in [2.45, 2.75) is 26.1 Å². The molecule has 6 heteroatoms.